The molecule has 2 aromatic heterocycles. The summed E-state index contributed by atoms with van der Waals surface area (Å²) in [6.07, 6.45) is 4.70. The van der Waals surface area contributed by atoms with Crippen molar-refractivity contribution in [3.05, 3.63) is 75.5 Å². The van der Waals surface area contributed by atoms with Crippen LogP contribution in [0.4, 0.5) is 9.18 Å². The predicted octanol–water partition coefficient (Wildman–Crippen LogP) is 4.41. The van der Waals surface area contributed by atoms with Gasteiger partial charge in [0.15, 0.2) is 5.16 Å². The number of carboxylic acid groups (broad SMARTS) is 1. The number of pyridine rings is 1. The van der Waals surface area contributed by atoms with Gasteiger partial charge in [-0.2, -0.15) is 0 Å². The molecule has 0 radical (unpaired) electrons. The van der Waals surface area contributed by atoms with Gasteiger partial charge >= 0.3 is 6.09 Å². The highest BCUT2D eigenvalue weighted by Crippen LogP contribution is 2.34. The molecule has 10 heteroatoms. The lowest BCUT2D eigenvalue weighted by atomic mass is 9.91. The number of hydrogen-bond donors (Lipinski definition) is 1. The highest BCUT2D eigenvalue weighted by molar-refractivity contribution is 7.98. The van der Waals surface area contributed by atoms with Crippen LogP contribution in [0.5, 0.6) is 0 Å². The Bertz CT molecular complexity index is 1220. The molecule has 2 atom stereocenters. The van der Waals surface area contributed by atoms with Gasteiger partial charge in [0.2, 0.25) is 0 Å². The van der Waals surface area contributed by atoms with Crippen molar-refractivity contribution in [3.63, 3.8) is 0 Å². The number of carbonyl (C=O) groups is 1. The highest BCUT2D eigenvalue weighted by Gasteiger charge is 2.34. The molecule has 0 saturated carbocycles. The molecule has 1 aromatic carbocycles. The first-order valence-corrected chi connectivity index (χ1v) is 11.5. The van der Waals surface area contributed by atoms with E-state index in [1.165, 1.54) is 39.4 Å². The minimum absolute atomic E-state index is 0.0119. The maximum atomic E-state index is 14.3. The summed E-state index contributed by atoms with van der Waals surface area (Å²) < 4.78 is 15.8. The molecule has 166 valence electrons. The number of rotatable bonds is 5. The minimum Gasteiger partial charge on any atom is -0.465 e. The van der Waals surface area contributed by atoms with Crippen molar-refractivity contribution < 1.29 is 14.3 Å². The Morgan fingerprint density at radius 3 is 2.78 bits per heavy atom. The van der Waals surface area contributed by atoms with Crippen molar-refractivity contribution >= 4 is 29.5 Å². The number of aromatic nitrogens is 3. The molecule has 1 fully saturated rings. The Hall–Kier alpha value is -2.91. The summed E-state index contributed by atoms with van der Waals surface area (Å²) in [7, 11) is 0. The Balaban J connectivity index is 1.76. The lowest BCUT2D eigenvalue weighted by Crippen LogP contribution is -2.33. The van der Waals surface area contributed by atoms with Gasteiger partial charge < -0.3 is 14.6 Å². The number of nitrogens with zero attached hydrogens (tertiary/aromatic N) is 4. The summed E-state index contributed by atoms with van der Waals surface area (Å²) in [5.41, 5.74) is 1.54. The van der Waals surface area contributed by atoms with Gasteiger partial charge in [0.05, 0.1) is 16.8 Å². The van der Waals surface area contributed by atoms with Gasteiger partial charge in [0, 0.05) is 43.0 Å². The molecule has 1 aliphatic heterocycles. The fraction of sp³-hybridized carbons (Fsp3) is 0.273. The Labute approximate surface area is 192 Å². The van der Waals surface area contributed by atoms with Crippen LogP contribution in [0, 0.1) is 11.7 Å². The lowest BCUT2D eigenvalue weighted by molar-refractivity contribution is 0.153. The van der Waals surface area contributed by atoms with E-state index in [-0.39, 0.29) is 23.0 Å². The second-order valence-electron chi connectivity index (χ2n) is 7.49. The highest BCUT2D eigenvalue weighted by atomic mass is 35.5. The van der Waals surface area contributed by atoms with Gasteiger partial charge in [0.1, 0.15) is 5.82 Å². The molecule has 0 aliphatic carbocycles. The van der Waals surface area contributed by atoms with Crippen molar-refractivity contribution in [2.24, 2.45) is 5.92 Å². The van der Waals surface area contributed by atoms with Gasteiger partial charge in [-0.1, -0.05) is 29.4 Å². The van der Waals surface area contributed by atoms with Crippen molar-refractivity contribution in [1.29, 1.82) is 0 Å². The summed E-state index contributed by atoms with van der Waals surface area (Å²) >= 11 is 7.26. The van der Waals surface area contributed by atoms with E-state index in [4.69, 9.17) is 11.6 Å². The van der Waals surface area contributed by atoms with Crippen LogP contribution in [0.2, 0.25) is 5.02 Å². The standard InChI is InChI=1S/C22H20ClFN4O3S/c1-32-21-25-7-4-18(26-21)13-6-9-28(19(29)11-13)20(14-2-3-16(23)17(24)10-14)15-5-8-27(12-15)22(30)31/h2-4,6-7,9-11,15,20H,5,8,12H2,1H3,(H,30,31)/t15?,20-/m0/s1. The molecule has 1 amide bonds. The van der Waals surface area contributed by atoms with Crippen molar-refractivity contribution in [2.45, 2.75) is 17.6 Å². The smallest absolute Gasteiger partial charge is 0.407 e. The summed E-state index contributed by atoms with van der Waals surface area (Å²) in [5.74, 6) is -0.783. The van der Waals surface area contributed by atoms with E-state index in [2.05, 4.69) is 9.97 Å². The Morgan fingerprint density at radius 1 is 1.31 bits per heavy atom. The molecule has 1 N–H and O–H groups in total. The molecule has 3 aromatic rings. The second kappa shape index (κ2) is 9.30. The minimum atomic E-state index is -1.01. The van der Waals surface area contributed by atoms with E-state index < -0.39 is 18.0 Å². The van der Waals surface area contributed by atoms with Crippen LogP contribution in [-0.4, -0.2) is 50.0 Å². The molecule has 4 rings (SSSR count). The summed E-state index contributed by atoms with van der Waals surface area (Å²) in [4.78, 5) is 34.5. The molecular formula is C22H20ClFN4O3S. The van der Waals surface area contributed by atoms with Gasteiger partial charge in [-0.05, 0) is 42.5 Å². The number of amides is 1. The zero-order chi connectivity index (χ0) is 22.8. The van der Waals surface area contributed by atoms with Crippen LogP contribution in [0.3, 0.4) is 0 Å². The maximum Gasteiger partial charge on any atom is 0.407 e. The molecular weight excluding hydrogens is 455 g/mol. The molecule has 1 unspecified atom stereocenters. The van der Waals surface area contributed by atoms with Crippen molar-refractivity contribution in [2.75, 3.05) is 19.3 Å². The first kappa shape index (κ1) is 22.3. The fourth-order valence-corrected chi connectivity index (χ4v) is 4.53. The number of hydrogen-bond acceptors (Lipinski definition) is 5. The Kier molecular flexibility index (Phi) is 6.48. The largest absolute Gasteiger partial charge is 0.465 e. The number of thioether (sulfide) groups is 1. The average molecular weight is 475 g/mol. The van der Waals surface area contributed by atoms with E-state index in [0.29, 0.717) is 34.9 Å². The van der Waals surface area contributed by atoms with Crippen LogP contribution in [0.1, 0.15) is 18.0 Å². The van der Waals surface area contributed by atoms with Gasteiger partial charge in [-0.3, -0.25) is 4.79 Å². The first-order valence-electron chi connectivity index (χ1n) is 9.90. The first-order chi connectivity index (χ1) is 15.4. The van der Waals surface area contributed by atoms with Crippen LogP contribution < -0.4 is 5.56 Å². The van der Waals surface area contributed by atoms with E-state index in [1.807, 2.05) is 6.26 Å². The van der Waals surface area contributed by atoms with E-state index in [0.717, 1.165) is 0 Å². The molecule has 7 nitrogen and oxygen atoms in total. The molecule has 32 heavy (non-hydrogen) atoms. The SMILES string of the molecule is CSc1nccc(-c2ccn([C@@H](c3ccc(Cl)c(F)c3)C3CCN(C(=O)O)C3)c(=O)c2)n1. The number of benzene rings is 1. The molecule has 3 heterocycles. The van der Waals surface area contributed by atoms with Crippen molar-refractivity contribution in [1.82, 2.24) is 19.4 Å². The summed E-state index contributed by atoms with van der Waals surface area (Å²) in [5, 5.41) is 9.95. The summed E-state index contributed by atoms with van der Waals surface area (Å²) in [6, 6.07) is 8.88. The molecule has 1 aliphatic rings. The number of halogens is 2. The second-order valence-corrected chi connectivity index (χ2v) is 8.67. The Morgan fingerprint density at radius 2 is 2.12 bits per heavy atom. The molecule has 0 bridgehead atoms. The van der Waals surface area contributed by atoms with Crippen LogP contribution >= 0.6 is 23.4 Å². The zero-order valence-electron chi connectivity index (χ0n) is 17.1. The fourth-order valence-electron chi connectivity index (χ4n) is 4.05. The van der Waals surface area contributed by atoms with Crippen LogP contribution in [-0.2, 0) is 0 Å². The average Bonchev–Trinajstić information content (AvgIpc) is 3.27. The van der Waals surface area contributed by atoms with Gasteiger partial charge in [-0.15, -0.1) is 0 Å². The molecule has 1 saturated heterocycles. The zero-order valence-corrected chi connectivity index (χ0v) is 18.7. The third kappa shape index (κ3) is 4.49. The predicted molar refractivity (Wildman–Crippen MR) is 121 cm³/mol. The lowest BCUT2D eigenvalue weighted by Gasteiger charge is -2.27. The monoisotopic (exact) mass is 474 g/mol. The van der Waals surface area contributed by atoms with E-state index >= 15 is 0 Å². The quantitative estimate of drug-likeness (QED) is 0.435. The third-order valence-corrected chi connectivity index (χ3v) is 6.45. The third-order valence-electron chi connectivity index (χ3n) is 5.59. The normalized spacial score (nSPS) is 16.8. The molecule has 0 spiro atoms. The number of likely N-dealkylation sites (tertiary alicyclic amines) is 1. The van der Waals surface area contributed by atoms with Gasteiger partial charge in [0.25, 0.3) is 5.56 Å². The topological polar surface area (TPSA) is 88.3 Å². The van der Waals surface area contributed by atoms with E-state index in [9.17, 15) is 19.1 Å². The maximum absolute atomic E-state index is 14.3. The van der Waals surface area contributed by atoms with Crippen molar-refractivity contribution in [3.8, 4) is 11.3 Å². The van der Waals surface area contributed by atoms with Gasteiger partial charge in [-0.25, -0.2) is 19.2 Å². The van der Waals surface area contributed by atoms with E-state index in [1.54, 1.807) is 30.6 Å². The van der Waals surface area contributed by atoms with Crippen LogP contribution in [0.25, 0.3) is 11.3 Å². The van der Waals surface area contributed by atoms with Crippen LogP contribution in [0.15, 0.2) is 58.7 Å². The summed E-state index contributed by atoms with van der Waals surface area (Å²) in [6.45, 7) is 0.610.